The summed E-state index contributed by atoms with van der Waals surface area (Å²) in [5.74, 6) is -0.370. The minimum Gasteiger partial charge on any atom is -0.335 e. The standard InChI is InChI=1S/C11H18N4O3S/c1-3-8-10(19(12,17)18)9(14-13-8)11(16)15-6-4-5-7(15)2/h7H,3-6H2,1-2H3,(H,13,14)(H2,12,17,18). The van der Waals surface area contributed by atoms with Crippen LogP contribution in [0, 0.1) is 0 Å². The molecule has 3 N–H and O–H groups in total. The molecule has 1 atom stereocenters. The van der Waals surface area contributed by atoms with E-state index >= 15 is 0 Å². The van der Waals surface area contributed by atoms with Crippen LogP contribution in [0.4, 0.5) is 0 Å². The fourth-order valence-corrected chi connectivity index (χ4v) is 3.37. The number of aromatic amines is 1. The van der Waals surface area contributed by atoms with Crippen LogP contribution in [0.5, 0.6) is 0 Å². The summed E-state index contributed by atoms with van der Waals surface area (Å²) in [7, 11) is -3.97. The minimum absolute atomic E-state index is 0.0897. The first kappa shape index (κ1) is 14.0. The Morgan fingerprint density at radius 2 is 2.26 bits per heavy atom. The summed E-state index contributed by atoms with van der Waals surface area (Å²) in [6.45, 7) is 4.34. The Labute approximate surface area is 112 Å². The molecular formula is C11H18N4O3S. The van der Waals surface area contributed by atoms with Crippen LogP contribution in [0.15, 0.2) is 4.90 Å². The Bertz CT molecular complexity index is 593. The maximum atomic E-state index is 12.4. The first-order valence-corrected chi connectivity index (χ1v) is 7.82. The number of nitrogens with zero attached hydrogens (tertiary/aromatic N) is 2. The fraction of sp³-hybridized carbons (Fsp3) is 0.636. The topological polar surface area (TPSA) is 109 Å². The smallest absolute Gasteiger partial charge is 0.276 e. The Morgan fingerprint density at radius 1 is 1.58 bits per heavy atom. The first-order valence-electron chi connectivity index (χ1n) is 6.27. The molecule has 7 nitrogen and oxygen atoms in total. The van der Waals surface area contributed by atoms with E-state index in [4.69, 9.17) is 5.14 Å². The highest BCUT2D eigenvalue weighted by Gasteiger charge is 2.33. The summed E-state index contributed by atoms with van der Waals surface area (Å²) in [4.78, 5) is 13.9. The van der Waals surface area contributed by atoms with E-state index in [1.54, 1.807) is 11.8 Å². The number of sulfonamides is 1. The van der Waals surface area contributed by atoms with E-state index in [1.807, 2.05) is 6.92 Å². The van der Waals surface area contributed by atoms with Gasteiger partial charge in [-0.15, -0.1) is 0 Å². The van der Waals surface area contributed by atoms with Gasteiger partial charge in [0.15, 0.2) is 5.69 Å². The highest BCUT2D eigenvalue weighted by atomic mass is 32.2. The second kappa shape index (κ2) is 4.93. The van der Waals surface area contributed by atoms with Crippen molar-refractivity contribution in [3.05, 3.63) is 11.4 Å². The summed E-state index contributed by atoms with van der Waals surface area (Å²) in [6, 6.07) is 0.0996. The zero-order chi connectivity index (χ0) is 14.2. The molecule has 0 radical (unpaired) electrons. The molecule has 2 heterocycles. The number of hydrogen-bond donors (Lipinski definition) is 2. The van der Waals surface area contributed by atoms with Crippen LogP contribution in [0.2, 0.25) is 0 Å². The third kappa shape index (κ3) is 2.50. The van der Waals surface area contributed by atoms with E-state index in [-0.39, 0.29) is 22.5 Å². The molecule has 1 unspecified atom stereocenters. The lowest BCUT2D eigenvalue weighted by molar-refractivity contribution is 0.0737. The molecule has 8 heteroatoms. The second-order valence-electron chi connectivity index (χ2n) is 4.77. The average molecular weight is 286 g/mol. The number of aryl methyl sites for hydroxylation is 1. The van der Waals surface area contributed by atoms with Crippen LogP contribution in [0.1, 0.15) is 42.9 Å². The van der Waals surface area contributed by atoms with Crippen molar-refractivity contribution in [3.63, 3.8) is 0 Å². The Balaban J connectivity index is 2.46. The molecule has 2 rings (SSSR count). The van der Waals surface area contributed by atoms with Crippen molar-refractivity contribution < 1.29 is 13.2 Å². The molecule has 1 fully saturated rings. The van der Waals surface area contributed by atoms with Gasteiger partial charge in [0.2, 0.25) is 10.0 Å². The van der Waals surface area contributed by atoms with Gasteiger partial charge in [0.05, 0.1) is 5.69 Å². The van der Waals surface area contributed by atoms with Gasteiger partial charge in [-0.25, -0.2) is 13.6 Å². The van der Waals surface area contributed by atoms with Crippen LogP contribution in [-0.2, 0) is 16.4 Å². The number of hydrogen-bond acceptors (Lipinski definition) is 4. The van der Waals surface area contributed by atoms with Gasteiger partial charge in [-0.3, -0.25) is 9.89 Å². The van der Waals surface area contributed by atoms with Crippen molar-refractivity contribution in [1.29, 1.82) is 0 Å². The third-order valence-corrected chi connectivity index (χ3v) is 4.46. The van der Waals surface area contributed by atoms with Gasteiger partial charge in [-0.05, 0) is 26.2 Å². The van der Waals surface area contributed by atoms with Gasteiger partial charge in [-0.2, -0.15) is 5.10 Å². The van der Waals surface area contributed by atoms with E-state index in [0.717, 1.165) is 12.8 Å². The Hall–Kier alpha value is -1.41. The lowest BCUT2D eigenvalue weighted by Crippen LogP contribution is -2.35. The Kier molecular flexibility index (Phi) is 3.64. The summed E-state index contributed by atoms with van der Waals surface area (Å²) in [5.41, 5.74) is 0.283. The number of carbonyl (C=O) groups is 1. The molecule has 19 heavy (non-hydrogen) atoms. The molecule has 1 aliphatic heterocycles. The quantitative estimate of drug-likeness (QED) is 0.829. The summed E-state index contributed by atoms with van der Waals surface area (Å²) in [6.07, 6.45) is 2.26. The third-order valence-electron chi connectivity index (χ3n) is 3.45. The monoisotopic (exact) mass is 286 g/mol. The number of likely N-dealkylation sites (tertiary alicyclic amines) is 1. The van der Waals surface area contributed by atoms with E-state index in [2.05, 4.69) is 10.2 Å². The number of aromatic nitrogens is 2. The molecule has 106 valence electrons. The molecule has 0 aliphatic carbocycles. The molecule has 1 aromatic heterocycles. The van der Waals surface area contributed by atoms with Crippen LogP contribution < -0.4 is 5.14 Å². The largest absolute Gasteiger partial charge is 0.335 e. The second-order valence-corrected chi connectivity index (χ2v) is 6.27. The van der Waals surface area contributed by atoms with Gasteiger partial charge in [0.25, 0.3) is 5.91 Å². The van der Waals surface area contributed by atoms with Crippen molar-refractivity contribution in [2.45, 2.75) is 44.0 Å². The SMILES string of the molecule is CCc1[nH]nc(C(=O)N2CCCC2C)c1S(N)(=O)=O. The predicted molar refractivity (Wildman–Crippen MR) is 69.1 cm³/mol. The van der Waals surface area contributed by atoms with Crippen molar-refractivity contribution in [1.82, 2.24) is 15.1 Å². The normalized spacial score (nSPS) is 19.9. The fourth-order valence-electron chi connectivity index (χ4n) is 2.43. The van der Waals surface area contributed by atoms with Crippen molar-refractivity contribution in [2.75, 3.05) is 6.54 Å². The maximum Gasteiger partial charge on any atom is 0.276 e. The average Bonchev–Trinajstić information content (AvgIpc) is 2.92. The molecule has 0 aromatic carbocycles. The molecule has 0 bridgehead atoms. The zero-order valence-corrected chi connectivity index (χ0v) is 11.8. The zero-order valence-electron chi connectivity index (χ0n) is 11.0. The highest BCUT2D eigenvalue weighted by molar-refractivity contribution is 7.89. The van der Waals surface area contributed by atoms with E-state index in [0.29, 0.717) is 18.7 Å². The van der Waals surface area contributed by atoms with E-state index in [9.17, 15) is 13.2 Å². The summed E-state index contributed by atoms with van der Waals surface area (Å²) < 4.78 is 23.3. The van der Waals surface area contributed by atoms with Gasteiger partial charge >= 0.3 is 0 Å². The molecule has 1 aromatic rings. The van der Waals surface area contributed by atoms with Crippen LogP contribution in [0.25, 0.3) is 0 Å². The Morgan fingerprint density at radius 3 is 2.74 bits per heavy atom. The minimum atomic E-state index is -3.97. The molecule has 1 saturated heterocycles. The van der Waals surface area contributed by atoms with Gasteiger partial charge in [0.1, 0.15) is 4.90 Å². The van der Waals surface area contributed by atoms with Crippen molar-refractivity contribution in [3.8, 4) is 0 Å². The number of rotatable bonds is 3. The van der Waals surface area contributed by atoms with Crippen LogP contribution in [-0.4, -0.2) is 42.0 Å². The number of nitrogens with two attached hydrogens (primary N) is 1. The van der Waals surface area contributed by atoms with E-state index in [1.165, 1.54) is 0 Å². The van der Waals surface area contributed by atoms with Crippen molar-refractivity contribution in [2.24, 2.45) is 5.14 Å². The number of carbonyl (C=O) groups excluding carboxylic acids is 1. The molecular weight excluding hydrogens is 268 g/mol. The predicted octanol–water partition coefficient (Wildman–Crippen LogP) is 0.244. The maximum absolute atomic E-state index is 12.4. The number of primary sulfonamides is 1. The van der Waals surface area contributed by atoms with Gasteiger partial charge in [-0.1, -0.05) is 6.92 Å². The number of amides is 1. The molecule has 0 saturated carbocycles. The van der Waals surface area contributed by atoms with Gasteiger partial charge < -0.3 is 4.90 Å². The van der Waals surface area contributed by atoms with Crippen LogP contribution >= 0.6 is 0 Å². The lowest BCUT2D eigenvalue weighted by atomic mass is 10.2. The molecule has 1 amide bonds. The number of H-pyrrole nitrogens is 1. The number of nitrogens with one attached hydrogen (secondary N) is 1. The first-order chi connectivity index (χ1) is 8.86. The highest BCUT2D eigenvalue weighted by Crippen LogP contribution is 2.23. The lowest BCUT2D eigenvalue weighted by Gasteiger charge is -2.20. The molecule has 1 aliphatic rings. The van der Waals surface area contributed by atoms with E-state index < -0.39 is 10.0 Å². The summed E-state index contributed by atoms with van der Waals surface area (Å²) >= 11 is 0. The van der Waals surface area contributed by atoms with Crippen molar-refractivity contribution >= 4 is 15.9 Å². The summed E-state index contributed by atoms with van der Waals surface area (Å²) in [5, 5.41) is 11.6. The molecule has 0 spiro atoms. The van der Waals surface area contributed by atoms with Gasteiger partial charge in [0, 0.05) is 12.6 Å². The van der Waals surface area contributed by atoms with Crippen LogP contribution in [0.3, 0.4) is 0 Å².